The fourth-order valence-electron chi connectivity index (χ4n) is 2.95. The third-order valence-electron chi connectivity index (χ3n) is 4.25. The molecule has 1 fully saturated rings. The number of nitrogens with zero attached hydrogens (tertiary/aromatic N) is 1. The summed E-state index contributed by atoms with van der Waals surface area (Å²) in [4.78, 5) is 60.9. The summed E-state index contributed by atoms with van der Waals surface area (Å²) in [5.41, 5.74) is 5.52. The average Bonchev–Trinajstić information content (AvgIpc) is 2.89. The summed E-state index contributed by atoms with van der Waals surface area (Å²) in [5.74, 6) is -2.47. The molecule has 10 heteroatoms. The number of benzene rings is 1. The molecule has 10 nitrogen and oxygen atoms in total. The summed E-state index contributed by atoms with van der Waals surface area (Å²) in [6.45, 7) is 0.357. The van der Waals surface area contributed by atoms with E-state index in [1.54, 1.807) is 0 Å². The number of carbonyl (C=O) groups excluding carboxylic acids is 5. The molecule has 142 valence electrons. The molecule has 0 radical (unpaired) electrons. The van der Waals surface area contributed by atoms with Crippen LogP contribution in [0.1, 0.15) is 33.6 Å². The van der Waals surface area contributed by atoms with Crippen molar-refractivity contribution in [2.45, 2.75) is 18.9 Å². The van der Waals surface area contributed by atoms with Crippen molar-refractivity contribution in [1.82, 2.24) is 15.5 Å². The van der Waals surface area contributed by atoms with Crippen molar-refractivity contribution >= 4 is 29.5 Å². The molecular formula is C17H18N4O6. The van der Waals surface area contributed by atoms with E-state index < -0.39 is 29.7 Å². The van der Waals surface area contributed by atoms with Crippen LogP contribution in [0, 0.1) is 0 Å². The number of nitrogens with two attached hydrogens (primary N) is 1. The van der Waals surface area contributed by atoms with Gasteiger partial charge in [-0.2, -0.15) is 0 Å². The van der Waals surface area contributed by atoms with Gasteiger partial charge in [0.05, 0.1) is 11.1 Å². The Labute approximate surface area is 154 Å². The number of piperidine rings is 1. The van der Waals surface area contributed by atoms with Gasteiger partial charge in [0, 0.05) is 19.5 Å². The third kappa shape index (κ3) is 3.65. The Bertz CT molecular complexity index is 837. The van der Waals surface area contributed by atoms with Gasteiger partial charge >= 0.3 is 0 Å². The highest BCUT2D eigenvalue weighted by Gasteiger charge is 2.44. The number of hydrogen-bond acceptors (Lipinski definition) is 7. The Morgan fingerprint density at radius 1 is 1.22 bits per heavy atom. The maximum Gasteiger partial charge on any atom is 0.262 e. The number of rotatable bonds is 6. The first kappa shape index (κ1) is 18.5. The molecule has 2 aliphatic heterocycles. The van der Waals surface area contributed by atoms with Crippen molar-refractivity contribution in [3.05, 3.63) is 29.3 Å². The molecule has 1 aromatic rings. The van der Waals surface area contributed by atoms with Crippen LogP contribution < -0.4 is 21.1 Å². The molecule has 2 aliphatic rings. The second-order valence-electron chi connectivity index (χ2n) is 6.08. The van der Waals surface area contributed by atoms with Crippen LogP contribution >= 0.6 is 0 Å². The van der Waals surface area contributed by atoms with Gasteiger partial charge in [0.1, 0.15) is 11.8 Å². The zero-order valence-corrected chi connectivity index (χ0v) is 14.3. The van der Waals surface area contributed by atoms with Crippen LogP contribution in [-0.4, -0.2) is 60.2 Å². The first-order chi connectivity index (χ1) is 12.9. The van der Waals surface area contributed by atoms with Crippen LogP contribution in [0.2, 0.25) is 0 Å². The van der Waals surface area contributed by atoms with E-state index in [4.69, 9.17) is 10.5 Å². The molecule has 0 aromatic heterocycles. The lowest BCUT2D eigenvalue weighted by Gasteiger charge is -2.27. The highest BCUT2D eigenvalue weighted by atomic mass is 16.5. The van der Waals surface area contributed by atoms with E-state index in [0.29, 0.717) is 13.1 Å². The normalized spacial score (nSPS) is 19.0. The molecule has 0 bridgehead atoms. The fourth-order valence-corrected chi connectivity index (χ4v) is 2.95. The van der Waals surface area contributed by atoms with Crippen molar-refractivity contribution in [1.29, 1.82) is 0 Å². The van der Waals surface area contributed by atoms with E-state index >= 15 is 0 Å². The Hall–Kier alpha value is -3.27. The molecule has 0 saturated carbocycles. The number of fused-ring (bicyclic) bond motifs is 1. The minimum absolute atomic E-state index is 0.0517. The predicted molar refractivity (Wildman–Crippen MR) is 90.7 cm³/mol. The Morgan fingerprint density at radius 2 is 1.96 bits per heavy atom. The molecule has 0 spiro atoms. The fraction of sp³-hybridized carbons (Fsp3) is 0.353. The number of hydrogen-bond donors (Lipinski definition) is 3. The predicted octanol–water partition coefficient (Wildman–Crippen LogP) is -1.46. The first-order valence-corrected chi connectivity index (χ1v) is 8.37. The second-order valence-corrected chi connectivity index (χ2v) is 6.08. The Kier molecular flexibility index (Phi) is 5.17. The third-order valence-corrected chi connectivity index (χ3v) is 4.25. The van der Waals surface area contributed by atoms with Gasteiger partial charge in [0.2, 0.25) is 11.8 Å². The number of carbonyl (C=O) groups is 5. The van der Waals surface area contributed by atoms with Crippen molar-refractivity contribution in [3.63, 3.8) is 0 Å². The average molecular weight is 374 g/mol. The molecule has 5 amide bonds. The van der Waals surface area contributed by atoms with Gasteiger partial charge in [-0.3, -0.25) is 34.2 Å². The van der Waals surface area contributed by atoms with Crippen molar-refractivity contribution in [2.24, 2.45) is 5.73 Å². The van der Waals surface area contributed by atoms with Crippen LogP contribution in [0.3, 0.4) is 0 Å². The largest absolute Gasteiger partial charge is 0.484 e. The minimum Gasteiger partial charge on any atom is -0.484 e. The SMILES string of the molecule is NCCNC(=O)COc1ccc2c(c1)C(=O)N(C1CCC(=O)NC1=O)C2=O. The quantitative estimate of drug-likeness (QED) is 0.516. The summed E-state index contributed by atoms with van der Waals surface area (Å²) in [7, 11) is 0. The molecule has 1 saturated heterocycles. The summed E-state index contributed by atoms with van der Waals surface area (Å²) >= 11 is 0. The highest BCUT2D eigenvalue weighted by Crippen LogP contribution is 2.30. The van der Waals surface area contributed by atoms with Gasteiger partial charge in [-0.25, -0.2) is 0 Å². The number of imide groups is 2. The lowest BCUT2D eigenvalue weighted by Crippen LogP contribution is -2.54. The van der Waals surface area contributed by atoms with E-state index in [1.165, 1.54) is 18.2 Å². The maximum absolute atomic E-state index is 12.7. The standard InChI is InChI=1S/C17H18N4O6/c18-5-6-19-14(23)8-27-9-1-2-10-11(7-9)17(26)21(16(10)25)12-3-4-13(22)20-15(12)24/h1-2,7,12H,3-6,8,18H2,(H,19,23)(H,20,22,24). The van der Waals surface area contributed by atoms with Crippen LogP contribution in [0.4, 0.5) is 0 Å². The molecule has 0 aliphatic carbocycles. The Balaban J connectivity index is 1.74. The lowest BCUT2D eigenvalue weighted by atomic mass is 10.0. The van der Waals surface area contributed by atoms with Gasteiger partial charge in [-0.1, -0.05) is 0 Å². The number of amides is 5. The molecule has 4 N–H and O–H groups in total. The summed E-state index contributed by atoms with van der Waals surface area (Å²) < 4.78 is 5.33. The second kappa shape index (κ2) is 7.54. The molecule has 27 heavy (non-hydrogen) atoms. The topological polar surface area (TPSA) is 148 Å². The zero-order chi connectivity index (χ0) is 19.6. The van der Waals surface area contributed by atoms with Crippen LogP contribution in [0.25, 0.3) is 0 Å². The first-order valence-electron chi connectivity index (χ1n) is 8.37. The molecule has 2 heterocycles. The lowest BCUT2D eigenvalue weighted by molar-refractivity contribution is -0.136. The van der Waals surface area contributed by atoms with Gasteiger partial charge in [-0.15, -0.1) is 0 Å². The summed E-state index contributed by atoms with van der Waals surface area (Å²) in [6, 6.07) is 3.21. The minimum atomic E-state index is -1.03. The van der Waals surface area contributed by atoms with E-state index in [1.807, 2.05) is 0 Å². The van der Waals surface area contributed by atoms with E-state index in [0.717, 1.165) is 4.90 Å². The van der Waals surface area contributed by atoms with Crippen LogP contribution in [0.15, 0.2) is 18.2 Å². The monoisotopic (exact) mass is 374 g/mol. The van der Waals surface area contributed by atoms with Crippen molar-refractivity contribution < 1.29 is 28.7 Å². The molecule has 1 unspecified atom stereocenters. The van der Waals surface area contributed by atoms with Crippen LogP contribution in [0.5, 0.6) is 5.75 Å². The van der Waals surface area contributed by atoms with Gasteiger partial charge in [-0.05, 0) is 24.6 Å². The number of ether oxygens (including phenoxy) is 1. The van der Waals surface area contributed by atoms with Crippen LogP contribution in [-0.2, 0) is 14.4 Å². The van der Waals surface area contributed by atoms with E-state index in [9.17, 15) is 24.0 Å². The summed E-state index contributed by atoms with van der Waals surface area (Å²) in [6.07, 6.45) is 0.136. The van der Waals surface area contributed by atoms with Gasteiger partial charge in [0.15, 0.2) is 6.61 Å². The van der Waals surface area contributed by atoms with E-state index in [2.05, 4.69) is 10.6 Å². The Morgan fingerprint density at radius 3 is 2.67 bits per heavy atom. The van der Waals surface area contributed by atoms with Gasteiger partial charge < -0.3 is 15.8 Å². The van der Waals surface area contributed by atoms with Crippen molar-refractivity contribution in [3.8, 4) is 5.75 Å². The molecular weight excluding hydrogens is 356 g/mol. The van der Waals surface area contributed by atoms with Crippen molar-refractivity contribution in [2.75, 3.05) is 19.7 Å². The van der Waals surface area contributed by atoms with E-state index in [-0.39, 0.29) is 42.2 Å². The molecule has 3 rings (SSSR count). The molecule has 1 aromatic carbocycles. The van der Waals surface area contributed by atoms with Gasteiger partial charge in [0.25, 0.3) is 17.7 Å². The zero-order valence-electron chi connectivity index (χ0n) is 14.3. The summed E-state index contributed by atoms with van der Waals surface area (Å²) in [5, 5.41) is 4.67. The smallest absolute Gasteiger partial charge is 0.262 e. The highest BCUT2D eigenvalue weighted by molar-refractivity contribution is 6.23. The maximum atomic E-state index is 12.7. The molecule has 1 atom stereocenters. The number of nitrogens with one attached hydrogen (secondary N) is 2.